The van der Waals surface area contributed by atoms with Crippen molar-refractivity contribution in [1.29, 1.82) is 0 Å². The minimum Gasteiger partial charge on any atom is -0.382 e. The van der Waals surface area contributed by atoms with Crippen molar-refractivity contribution in [3.63, 3.8) is 0 Å². The van der Waals surface area contributed by atoms with Crippen molar-refractivity contribution in [1.82, 2.24) is 9.78 Å². The second-order valence-electron chi connectivity index (χ2n) is 4.70. The number of hydrogen-bond donors (Lipinski definition) is 1. The van der Waals surface area contributed by atoms with Gasteiger partial charge in [-0.3, -0.25) is 0 Å². The topological polar surface area (TPSA) is 43.8 Å². The molecule has 108 valence electrons. The molecule has 0 radical (unpaired) electrons. The van der Waals surface area contributed by atoms with E-state index in [4.69, 9.17) is 5.73 Å². The molecular weight excluding hydrogens is 279 g/mol. The van der Waals surface area contributed by atoms with Crippen LogP contribution in [0.2, 0.25) is 0 Å². The van der Waals surface area contributed by atoms with Gasteiger partial charge in [0.25, 0.3) is 0 Å². The van der Waals surface area contributed by atoms with Crippen molar-refractivity contribution in [3.05, 3.63) is 60.2 Å². The first-order valence-electron chi connectivity index (χ1n) is 6.33. The summed E-state index contributed by atoms with van der Waals surface area (Å²) in [7, 11) is 0. The molecule has 0 fully saturated rings. The van der Waals surface area contributed by atoms with Crippen LogP contribution in [0.1, 0.15) is 11.6 Å². The number of alkyl halides is 3. The zero-order valence-corrected chi connectivity index (χ0v) is 10.9. The first-order chi connectivity index (χ1) is 9.98. The Hall–Kier alpha value is -2.50. The number of rotatable bonds is 2. The summed E-state index contributed by atoms with van der Waals surface area (Å²) in [5.41, 5.74) is 6.22. The maximum Gasteiger partial charge on any atom is 0.415 e. The van der Waals surface area contributed by atoms with Crippen LogP contribution in [0.15, 0.2) is 54.6 Å². The number of nitrogens with two attached hydrogens (primary N) is 1. The monoisotopic (exact) mass is 291 g/mol. The molecule has 3 aromatic rings. The van der Waals surface area contributed by atoms with E-state index in [9.17, 15) is 13.2 Å². The lowest BCUT2D eigenvalue weighted by Crippen LogP contribution is -2.28. The zero-order valence-electron chi connectivity index (χ0n) is 10.9. The van der Waals surface area contributed by atoms with E-state index in [1.165, 1.54) is 12.1 Å². The van der Waals surface area contributed by atoms with Crippen molar-refractivity contribution in [3.8, 4) is 0 Å². The molecule has 0 bridgehead atoms. The molecule has 1 aromatic heterocycles. The number of aromatic nitrogens is 2. The molecule has 6 heteroatoms. The smallest absolute Gasteiger partial charge is 0.382 e. The minimum absolute atomic E-state index is 0.0933. The van der Waals surface area contributed by atoms with Crippen molar-refractivity contribution in [2.24, 2.45) is 0 Å². The molecule has 0 amide bonds. The van der Waals surface area contributed by atoms with E-state index in [1.54, 1.807) is 42.5 Å². The summed E-state index contributed by atoms with van der Waals surface area (Å²) in [4.78, 5) is 0. The van der Waals surface area contributed by atoms with Gasteiger partial charge < -0.3 is 5.73 Å². The van der Waals surface area contributed by atoms with Crippen molar-refractivity contribution < 1.29 is 13.2 Å². The molecule has 0 aliphatic heterocycles. The van der Waals surface area contributed by atoms with Crippen LogP contribution in [0.25, 0.3) is 10.9 Å². The Kier molecular flexibility index (Phi) is 3.08. The minimum atomic E-state index is -4.47. The predicted molar refractivity (Wildman–Crippen MR) is 74.8 cm³/mol. The summed E-state index contributed by atoms with van der Waals surface area (Å²) in [5, 5.41) is 4.42. The zero-order chi connectivity index (χ0) is 15.0. The second-order valence-corrected chi connectivity index (χ2v) is 4.70. The van der Waals surface area contributed by atoms with Crippen LogP contribution in [0.5, 0.6) is 0 Å². The van der Waals surface area contributed by atoms with Crippen molar-refractivity contribution in [2.75, 3.05) is 5.73 Å². The number of para-hydroxylation sites is 1. The summed E-state index contributed by atoms with van der Waals surface area (Å²) in [6.45, 7) is 0. The van der Waals surface area contributed by atoms with Crippen molar-refractivity contribution >= 4 is 16.7 Å². The SMILES string of the molecule is Nc1nn(C(c2ccccc2)C(F)(F)F)c2ccccc12. The molecule has 0 saturated heterocycles. The average Bonchev–Trinajstić information content (AvgIpc) is 2.77. The van der Waals surface area contributed by atoms with E-state index in [1.807, 2.05) is 0 Å². The largest absolute Gasteiger partial charge is 0.415 e. The first kappa shape index (κ1) is 13.5. The number of nitrogen functional groups attached to an aromatic ring is 1. The van der Waals surface area contributed by atoms with E-state index in [2.05, 4.69) is 5.10 Å². The van der Waals surface area contributed by atoms with Gasteiger partial charge in [0.1, 0.15) is 0 Å². The van der Waals surface area contributed by atoms with Crippen molar-refractivity contribution in [2.45, 2.75) is 12.2 Å². The maximum atomic E-state index is 13.5. The molecule has 0 saturated carbocycles. The molecule has 1 unspecified atom stereocenters. The molecule has 2 N–H and O–H groups in total. The Balaban J connectivity index is 2.25. The highest BCUT2D eigenvalue weighted by Gasteiger charge is 2.43. The Morgan fingerprint density at radius 1 is 0.952 bits per heavy atom. The Morgan fingerprint density at radius 2 is 1.57 bits per heavy atom. The van der Waals surface area contributed by atoms with Gasteiger partial charge in [-0.15, -0.1) is 0 Å². The fourth-order valence-corrected chi connectivity index (χ4v) is 2.41. The molecular formula is C15H12F3N3. The van der Waals surface area contributed by atoms with E-state index in [0.29, 0.717) is 10.9 Å². The predicted octanol–water partition coefficient (Wildman–Crippen LogP) is 3.77. The van der Waals surface area contributed by atoms with Gasteiger partial charge in [-0.2, -0.15) is 18.3 Å². The third kappa shape index (κ3) is 2.33. The number of halogens is 3. The third-order valence-electron chi connectivity index (χ3n) is 3.31. The molecule has 3 nitrogen and oxygen atoms in total. The summed E-state index contributed by atoms with van der Waals surface area (Å²) < 4.78 is 41.5. The number of benzene rings is 2. The van der Waals surface area contributed by atoms with Crippen LogP contribution in [0.4, 0.5) is 19.0 Å². The van der Waals surface area contributed by atoms with Crippen LogP contribution in [0.3, 0.4) is 0 Å². The van der Waals surface area contributed by atoms with Gasteiger partial charge >= 0.3 is 6.18 Å². The quantitative estimate of drug-likeness (QED) is 0.781. The van der Waals surface area contributed by atoms with E-state index in [0.717, 1.165) is 4.68 Å². The van der Waals surface area contributed by atoms with Crippen LogP contribution in [-0.2, 0) is 0 Å². The lowest BCUT2D eigenvalue weighted by atomic mass is 10.1. The maximum absolute atomic E-state index is 13.5. The Labute approximate surface area is 118 Å². The molecule has 1 atom stereocenters. The molecule has 1 heterocycles. The standard InChI is InChI=1S/C15H12F3N3/c16-15(17,18)13(10-6-2-1-3-7-10)21-12-9-5-4-8-11(12)14(19)20-21/h1-9,13H,(H2,19,20). The van der Waals surface area contributed by atoms with E-state index < -0.39 is 12.2 Å². The first-order valence-corrected chi connectivity index (χ1v) is 6.33. The van der Waals surface area contributed by atoms with Gasteiger partial charge in [-0.1, -0.05) is 42.5 Å². The molecule has 3 rings (SSSR count). The third-order valence-corrected chi connectivity index (χ3v) is 3.31. The van der Waals surface area contributed by atoms with Gasteiger partial charge in [0, 0.05) is 5.39 Å². The highest BCUT2D eigenvalue weighted by Crippen LogP contribution is 2.38. The van der Waals surface area contributed by atoms with Crippen LogP contribution < -0.4 is 5.73 Å². The number of hydrogen-bond acceptors (Lipinski definition) is 2. The Bertz CT molecular complexity index is 763. The average molecular weight is 291 g/mol. The molecule has 21 heavy (non-hydrogen) atoms. The lowest BCUT2D eigenvalue weighted by molar-refractivity contribution is -0.158. The normalized spacial score (nSPS) is 13.5. The molecule has 0 spiro atoms. The van der Waals surface area contributed by atoms with Gasteiger partial charge in [0.05, 0.1) is 5.52 Å². The fraction of sp³-hybridized carbons (Fsp3) is 0.133. The van der Waals surface area contributed by atoms with Gasteiger partial charge in [-0.05, 0) is 17.7 Å². The summed E-state index contributed by atoms with van der Waals surface area (Å²) >= 11 is 0. The van der Waals surface area contributed by atoms with Gasteiger partial charge in [-0.25, -0.2) is 4.68 Å². The van der Waals surface area contributed by atoms with E-state index in [-0.39, 0.29) is 11.4 Å². The molecule has 0 aliphatic rings. The lowest BCUT2D eigenvalue weighted by Gasteiger charge is -2.22. The fourth-order valence-electron chi connectivity index (χ4n) is 2.41. The number of nitrogens with zero attached hydrogens (tertiary/aromatic N) is 2. The molecule has 2 aromatic carbocycles. The highest BCUT2D eigenvalue weighted by atomic mass is 19.4. The number of anilines is 1. The summed E-state index contributed by atoms with van der Waals surface area (Å²) in [5.74, 6) is 0.0933. The van der Waals surface area contributed by atoms with E-state index >= 15 is 0 Å². The second kappa shape index (κ2) is 4.80. The summed E-state index contributed by atoms with van der Waals surface area (Å²) in [6.07, 6.45) is -4.47. The number of fused-ring (bicyclic) bond motifs is 1. The van der Waals surface area contributed by atoms with Crippen LogP contribution in [0, 0.1) is 0 Å². The molecule has 0 aliphatic carbocycles. The Morgan fingerprint density at radius 3 is 2.24 bits per heavy atom. The van der Waals surface area contributed by atoms with Gasteiger partial charge in [0.2, 0.25) is 0 Å². The van der Waals surface area contributed by atoms with Gasteiger partial charge in [0.15, 0.2) is 11.9 Å². The van der Waals surface area contributed by atoms with Crippen LogP contribution in [-0.4, -0.2) is 16.0 Å². The van der Waals surface area contributed by atoms with Crippen LogP contribution >= 0.6 is 0 Å². The highest BCUT2D eigenvalue weighted by molar-refractivity contribution is 5.89. The summed E-state index contributed by atoms with van der Waals surface area (Å²) in [6, 6.07) is 12.5.